The van der Waals surface area contributed by atoms with Crippen LogP contribution in [0.4, 0.5) is 17.0 Å². The van der Waals surface area contributed by atoms with Gasteiger partial charge in [0.15, 0.2) is 10.3 Å². The van der Waals surface area contributed by atoms with Crippen molar-refractivity contribution >= 4 is 45.9 Å². The van der Waals surface area contributed by atoms with Gasteiger partial charge in [0.1, 0.15) is 5.78 Å². The van der Waals surface area contributed by atoms with Crippen LogP contribution in [0.25, 0.3) is 10.4 Å². The molecule has 2 aromatic carbocycles. The number of carbonyl (C=O) groups excluding carboxylic acids is 1. The lowest BCUT2D eigenvalue weighted by Gasteiger charge is -2.32. The van der Waals surface area contributed by atoms with Gasteiger partial charge in [-0.2, -0.15) is 15.0 Å². The second kappa shape index (κ2) is 12.5. The molecule has 0 spiro atoms. The van der Waals surface area contributed by atoms with Crippen molar-refractivity contribution in [1.82, 2.24) is 24.8 Å². The van der Waals surface area contributed by atoms with Crippen molar-refractivity contribution in [3.8, 4) is 10.4 Å². The summed E-state index contributed by atoms with van der Waals surface area (Å²) in [7, 11) is 2.13. The molecule has 0 radical (unpaired) electrons. The highest BCUT2D eigenvalue weighted by Gasteiger charge is 2.19. The van der Waals surface area contributed by atoms with Gasteiger partial charge in [-0.1, -0.05) is 60.7 Å². The molecule has 1 aliphatic heterocycles. The highest BCUT2D eigenvalue weighted by Crippen LogP contribution is 2.32. The zero-order valence-corrected chi connectivity index (χ0v) is 23.3. The lowest BCUT2D eigenvalue weighted by Crippen LogP contribution is -2.45. The average molecular weight is 546 g/mol. The van der Waals surface area contributed by atoms with E-state index in [4.69, 9.17) is 15.0 Å². The molecule has 10 heteroatoms. The van der Waals surface area contributed by atoms with E-state index < -0.39 is 0 Å². The van der Waals surface area contributed by atoms with E-state index in [1.54, 1.807) is 11.3 Å². The minimum absolute atomic E-state index is 0.274. The Kier molecular flexibility index (Phi) is 8.62. The Morgan fingerprint density at radius 3 is 2.50 bits per heavy atom. The van der Waals surface area contributed by atoms with Gasteiger partial charge in [0, 0.05) is 50.1 Å². The Morgan fingerprint density at radius 2 is 1.76 bits per heavy atom. The van der Waals surface area contributed by atoms with Gasteiger partial charge in [0.2, 0.25) is 11.9 Å². The fraction of sp³-hybridized carbons (Fsp3) is 0.321. The van der Waals surface area contributed by atoms with Crippen LogP contribution in [0.2, 0.25) is 0 Å². The molecule has 8 nitrogen and oxygen atoms in total. The molecule has 1 aliphatic rings. The minimum atomic E-state index is 0.274. The monoisotopic (exact) mass is 545 g/mol. The van der Waals surface area contributed by atoms with Gasteiger partial charge in [-0.3, -0.25) is 10.1 Å². The number of benzene rings is 2. The molecule has 1 N–H and O–H groups in total. The van der Waals surface area contributed by atoms with Crippen molar-refractivity contribution in [2.24, 2.45) is 0 Å². The zero-order chi connectivity index (χ0) is 26.3. The normalized spacial score (nSPS) is 14.0. The van der Waals surface area contributed by atoms with Gasteiger partial charge in [-0.05, 0) is 48.5 Å². The average Bonchev–Trinajstić information content (AvgIpc) is 3.39. The lowest BCUT2D eigenvalue weighted by atomic mass is 10.1. The van der Waals surface area contributed by atoms with Gasteiger partial charge >= 0.3 is 0 Å². The van der Waals surface area contributed by atoms with Crippen LogP contribution in [0.3, 0.4) is 0 Å². The predicted molar refractivity (Wildman–Crippen MR) is 155 cm³/mol. The number of nitrogens with one attached hydrogen (secondary N) is 1. The standard InChI is InChI=1S/C28H31N7OS2/c1-3-7-22(36)18-20-10-12-23(13-11-20)37-28-32-25(30-26(33-28)35-16-14-34(2)15-17-35)31-27-29-19-24(38-27)21-8-5-4-6-9-21/h4-6,8-13,19H,3,7,14-18H2,1-2H3,(H,29,30,31,32,33). The van der Waals surface area contributed by atoms with Crippen LogP contribution in [-0.2, 0) is 11.2 Å². The fourth-order valence-corrected chi connectivity index (χ4v) is 5.69. The van der Waals surface area contributed by atoms with E-state index in [2.05, 4.69) is 39.3 Å². The van der Waals surface area contributed by atoms with Crippen LogP contribution in [-0.4, -0.2) is 63.8 Å². The number of likely N-dealkylation sites (N-methyl/N-ethyl adjacent to an activating group) is 1. The summed E-state index contributed by atoms with van der Waals surface area (Å²) < 4.78 is 0. The molecular weight excluding hydrogens is 514 g/mol. The number of carbonyl (C=O) groups is 1. The molecule has 0 saturated carbocycles. The second-order valence-electron chi connectivity index (χ2n) is 9.26. The van der Waals surface area contributed by atoms with E-state index in [1.807, 2.05) is 55.6 Å². The third-order valence-corrected chi connectivity index (χ3v) is 8.07. The molecule has 5 rings (SSSR count). The van der Waals surface area contributed by atoms with Gasteiger partial charge in [-0.15, -0.1) is 0 Å². The summed E-state index contributed by atoms with van der Waals surface area (Å²) in [4.78, 5) is 37.4. The molecule has 2 aromatic heterocycles. The summed E-state index contributed by atoms with van der Waals surface area (Å²) in [6.07, 6.45) is 3.85. The van der Waals surface area contributed by atoms with E-state index in [0.717, 1.165) is 58.6 Å². The molecule has 0 bridgehead atoms. The molecule has 1 fully saturated rings. The Hall–Kier alpha value is -3.34. The number of Topliss-reactive ketones (excluding diaryl/α,β-unsaturated/α-hetero) is 1. The molecule has 0 aliphatic carbocycles. The number of anilines is 3. The molecule has 0 atom stereocenters. The molecule has 38 heavy (non-hydrogen) atoms. The first kappa shape index (κ1) is 26.3. The topological polar surface area (TPSA) is 87.1 Å². The van der Waals surface area contributed by atoms with Crippen LogP contribution in [0.15, 0.2) is 70.8 Å². The van der Waals surface area contributed by atoms with E-state index in [9.17, 15) is 4.79 Å². The Balaban J connectivity index is 1.36. The van der Waals surface area contributed by atoms with Crippen molar-refractivity contribution in [1.29, 1.82) is 0 Å². The Bertz CT molecular complexity index is 1350. The van der Waals surface area contributed by atoms with Crippen LogP contribution < -0.4 is 10.2 Å². The summed E-state index contributed by atoms with van der Waals surface area (Å²) in [6.45, 7) is 5.67. The zero-order valence-electron chi connectivity index (χ0n) is 21.6. The molecular formula is C28H31N7OS2. The minimum Gasteiger partial charge on any atom is -0.338 e. The number of nitrogens with zero attached hydrogens (tertiary/aromatic N) is 6. The summed E-state index contributed by atoms with van der Waals surface area (Å²) in [6, 6.07) is 18.3. The first-order chi connectivity index (χ1) is 18.6. The highest BCUT2D eigenvalue weighted by atomic mass is 32.2. The van der Waals surface area contributed by atoms with Gasteiger partial charge in [0.05, 0.1) is 4.88 Å². The smallest absolute Gasteiger partial charge is 0.234 e. The number of ketones is 1. The van der Waals surface area contributed by atoms with Crippen LogP contribution >= 0.6 is 23.1 Å². The van der Waals surface area contributed by atoms with Gasteiger partial charge in [-0.25, -0.2) is 4.98 Å². The fourth-order valence-electron chi connectivity index (χ4n) is 4.13. The van der Waals surface area contributed by atoms with Crippen LogP contribution in [0.5, 0.6) is 0 Å². The lowest BCUT2D eigenvalue weighted by molar-refractivity contribution is -0.118. The third kappa shape index (κ3) is 6.94. The summed E-state index contributed by atoms with van der Waals surface area (Å²) in [5, 5.41) is 4.66. The summed E-state index contributed by atoms with van der Waals surface area (Å²) in [5.74, 6) is 1.42. The Labute approximate surface area is 231 Å². The van der Waals surface area contributed by atoms with Crippen molar-refractivity contribution in [2.45, 2.75) is 36.2 Å². The maximum atomic E-state index is 12.0. The molecule has 1 saturated heterocycles. The van der Waals surface area contributed by atoms with E-state index >= 15 is 0 Å². The largest absolute Gasteiger partial charge is 0.338 e. The number of rotatable bonds is 10. The Morgan fingerprint density at radius 1 is 1.00 bits per heavy atom. The van der Waals surface area contributed by atoms with E-state index in [0.29, 0.717) is 29.9 Å². The highest BCUT2D eigenvalue weighted by molar-refractivity contribution is 7.99. The first-order valence-electron chi connectivity index (χ1n) is 12.8. The quantitative estimate of drug-likeness (QED) is 0.275. The maximum Gasteiger partial charge on any atom is 0.234 e. The number of hydrogen-bond donors (Lipinski definition) is 1. The van der Waals surface area contributed by atoms with Crippen molar-refractivity contribution in [3.63, 3.8) is 0 Å². The van der Waals surface area contributed by atoms with Gasteiger partial charge in [0.25, 0.3) is 0 Å². The number of piperazine rings is 1. The van der Waals surface area contributed by atoms with Crippen molar-refractivity contribution in [3.05, 3.63) is 66.4 Å². The second-order valence-corrected chi connectivity index (χ2v) is 11.3. The van der Waals surface area contributed by atoms with Crippen molar-refractivity contribution in [2.75, 3.05) is 43.4 Å². The van der Waals surface area contributed by atoms with Crippen LogP contribution in [0, 0.1) is 0 Å². The first-order valence-corrected chi connectivity index (χ1v) is 14.5. The van der Waals surface area contributed by atoms with Crippen LogP contribution in [0.1, 0.15) is 25.3 Å². The van der Waals surface area contributed by atoms with E-state index in [-0.39, 0.29) is 5.78 Å². The molecule has 4 aromatic rings. The molecule has 3 heterocycles. The molecule has 196 valence electrons. The number of aromatic nitrogens is 4. The van der Waals surface area contributed by atoms with Crippen molar-refractivity contribution < 1.29 is 4.79 Å². The number of thiazole rings is 1. The number of hydrogen-bond acceptors (Lipinski definition) is 10. The van der Waals surface area contributed by atoms with Gasteiger partial charge < -0.3 is 9.80 Å². The third-order valence-electron chi connectivity index (χ3n) is 6.23. The molecule has 0 unspecified atom stereocenters. The maximum absolute atomic E-state index is 12.0. The predicted octanol–water partition coefficient (Wildman–Crippen LogP) is 5.55. The molecule has 0 amide bonds. The SMILES string of the molecule is CCCC(=O)Cc1ccc(Sc2nc(Nc3ncc(-c4ccccc4)s3)nc(N3CCN(C)CC3)n2)cc1. The van der Waals surface area contributed by atoms with E-state index in [1.165, 1.54) is 11.8 Å². The summed E-state index contributed by atoms with van der Waals surface area (Å²) in [5.41, 5.74) is 2.16. The summed E-state index contributed by atoms with van der Waals surface area (Å²) >= 11 is 3.05.